The van der Waals surface area contributed by atoms with Crippen molar-refractivity contribution in [3.63, 3.8) is 0 Å². The standard InChI is InChI=1S/C9H13N3O/c10-8-5-2-6-11-9(8)12-13-7-3-1-4-7/h2,5-7H,1,3-4,10H2,(H,11,12). The van der Waals surface area contributed by atoms with E-state index in [1.54, 1.807) is 18.3 Å². The molecule has 70 valence electrons. The second kappa shape index (κ2) is 3.62. The van der Waals surface area contributed by atoms with Crippen molar-refractivity contribution in [2.75, 3.05) is 11.2 Å². The molecule has 1 fully saturated rings. The molecule has 1 aliphatic carbocycles. The first-order valence-electron chi connectivity index (χ1n) is 4.48. The van der Waals surface area contributed by atoms with Crippen LogP contribution in [0.3, 0.4) is 0 Å². The van der Waals surface area contributed by atoms with Crippen LogP contribution < -0.4 is 11.2 Å². The van der Waals surface area contributed by atoms with Crippen LogP contribution in [0.2, 0.25) is 0 Å². The molecule has 1 aliphatic rings. The molecule has 4 nitrogen and oxygen atoms in total. The van der Waals surface area contributed by atoms with Crippen LogP contribution >= 0.6 is 0 Å². The molecule has 0 radical (unpaired) electrons. The topological polar surface area (TPSA) is 60.2 Å². The van der Waals surface area contributed by atoms with Crippen molar-refractivity contribution in [1.29, 1.82) is 0 Å². The zero-order valence-electron chi connectivity index (χ0n) is 7.36. The third-order valence-corrected chi connectivity index (χ3v) is 2.21. The predicted molar refractivity (Wildman–Crippen MR) is 51.0 cm³/mol. The lowest BCUT2D eigenvalue weighted by atomic mass is 9.97. The number of hydrogen-bond donors (Lipinski definition) is 2. The molecule has 0 aromatic carbocycles. The van der Waals surface area contributed by atoms with Crippen LogP contribution in [-0.2, 0) is 4.84 Å². The summed E-state index contributed by atoms with van der Waals surface area (Å²) in [5.41, 5.74) is 9.05. The van der Waals surface area contributed by atoms with Crippen molar-refractivity contribution in [1.82, 2.24) is 4.98 Å². The maximum Gasteiger partial charge on any atom is 0.173 e. The Kier molecular flexibility index (Phi) is 2.31. The van der Waals surface area contributed by atoms with Crippen LogP contribution in [0.4, 0.5) is 11.5 Å². The minimum Gasteiger partial charge on any atom is -0.396 e. The highest BCUT2D eigenvalue weighted by Gasteiger charge is 2.18. The molecule has 0 saturated heterocycles. The molecule has 13 heavy (non-hydrogen) atoms. The summed E-state index contributed by atoms with van der Waals surface area (Å²) >= 11 is 0. The zero-order chi connectivity index (χ0) is 9.10. The highest BCUT2D eigenvalue weighted by atomic mass is 16.7. The monoisotopic (exact) mass is 179 g/mol. The summed E-state index contributed by atoms with van der Waals surface area (Å²) in [5.74, 6) is 0.606. The number of anilines is 2. The third-order valence-electron chi connectivity index (χ3n) is 2.21. The van der Waals surface area contributed by atoms with E-state index in [-0.39, 0.29) is 0 Å². The van der Waals surface area contributed by atoms with Crippen molar-refractivity contribution >= 4 is 11.5 Å². The summed E-state index contributed by atoms with van der Waals surface area (Å²) in [6, 6.07) is 3.59. The molecule has 0 spiro atoms. The minimum atomic E-state index is 0.335. The number of rotatable bonds is 3. The van der Waals surface area contributed by atoms with Gasteiger partial charge in [-0.3, -0.25) is 4.84 Å². The normalized spacial score (nSPS) is 16.6. The number of aromatic nitrogens is 1. The van der Waals surface area contributed by atoms with Gasteiger partial charge < -0.3 is 5.73 Å². The number of nitrogens with two attached hydrogens (primary N) is 1. The van der Waals surface area contributed by atoms with Crippen molar-refractivity contribution in [3.05, 3.63) is 18.3 Å². The molecule has 0 atom stereocenters. The number of hydrogen-bond acceptors (Lipinski definition) is 4. The highest BCUT2D eigenvalue weighted by molar-refractivity contribution is 5.59. The van der Waals surface area contributed by atoms with Crippen molar-refractivity contribution < 1.29 is 4.84 Å². The summed E-state index contributed by atoms with van der Waals surface area (Å²) in [5, 5.41) is 0. The second-order valence-corrected chi connectivity index (χ2v) is 3.21. The number of pyridine rings is 1. The van der Waals surface area contributed by atoms with Crippen molar-refractivity contribution in [2.24, 2.45) is 0 Å². The van der Waals surface area contributed by atoms with Crippen molar-refractivity contribution in [3.8, 4) is 0 Å². The van der Waals surface area contributed by atoms with E-state index in [1.165, 1.54) is 6.42 Å². The van der Waals surface area contributed by atoms with Gasteiger partial charge in [-0.1, -0.05) is 0 Å². The van der Waals surface area contributed by atoms with Gasteiger partial charge in [-0.2, -0.15) is 0 Å². The first-order valence-corrected chi connectivity index (χ1v) is 4.48. The van der Waals surface area contributed by atoms with Crippen molar-refractivity contribution in [2.45, 2.75) is 25.4 Å². The van der Waals surface area contributed by atoms with Gasteiger partial charge >= 0.3 is 0 Å². The van der Waals surface area contributed by atoms with Gasteiger partial charge in [0.15, 0.2) is 5.82 Å². The largest absolute Gasteiger partial charge is 0.396 e. The van der Waals surface area contributed by atoms with E-state index in [0.717, 1.165) is 12.8 Å². The molecule has 4 heteroatoms. The summed E-state index contributed by atoms with van der Waals surface area (Å²) < 4.78 is 0. The van der Waals surface area contributed by atoms with Gasteiger partial charge in [-0.05, 0) is 31.4 Å². The van der Waals surface area contributed by atoms with Gasteiger partial charge in [0, 0.05) is 6.20 Å². The van der Waals surface area contributed by atoms with E-state index in [0.29, 0.717) is 17.6 Å². The SMILES string of the molecule is Nc1cccnc1NOC1CCC1. The fourth-order valence-electron chi connectivity index (χ4n) is 1.13. The predicted octanol–water partition coefficient (Wildman–Crippen LogP) is 1.56. The van der Waals surface area contributed by atoms with Crippen LogP contribution in [0.15, 0.2) is 18.3 Å². The van der Waals surface area contributed by atoms with E-state index in [1.807, 2.05) is 0 Å². The van der Waals surface area contributed by atoms with Crippen LogP contribution in [0, 0.1) is 0 Å². The fourth-order valence-corrected chi connectivity index (χ4v) is 1.13. The molecule has 0 unspecified atom stereocenters. The molecule has 0 bridgehead atoms. The van der Waals surface area contributed by atoms with E-state index in [2.05, 4.69) is 10.5 Å². The zero-order valence-corrected chi connectivity index (χ0v) is 7.36. The number of nitrogen functional groups attached to an aromatic ring is 1. The summed E-state index contributed by atoms with van der Waals surface area (Å²) in [4.78, 5) is 9.40. The number of nitrogens with zero attached hydrogens (tertiary/aromatic N) is 1. The molecule has 1 aromatic rings. The molecule has 1 heterocycles. The first-order chi connectivity index (χ1) is 6.36. The Morgan fingerprint density at radius 3 is 3.00 bits per heavy atom. The Hall–Kier alpha value is -1.29. The van der Waals surface area contributed by atoms with E-state index in [9.17, 15) is 0 Å². The molecule has 0 amide bonds. The number of nitrogens with one attached hydrogen (secondary N) is 1. The molecule has 1 saturated carbocycles. The molecule has 1 aromatic heterocycles. The highest BCUT2D eigenvalue weighted by Crippen LogP contribution is 2.23. The fraction of sp³-hybridized carbons (Fsp3) is 0.444. The van der Waals surface area contributed by atoms with Crippen LogP contribution in [0.5, 0.6) is 0 Å². The maximum absolute atomic E-state index is 5.66. The van der Waals surface area contributed by atoms with Gasteiger partial charge in [0.1, 0.15) is 0 Å². The molecule has 3 N–H and O–H groups in total. The molecular weight excluding hydrogens is 166 g/mol. The van der Waals surface area contributed by atoms with Crippen LogP contribution in [0.1, 0.15) is 19.3 Å². The van der Waals surface area contributed by atoms with E-state index < -0.39 is 0 Å². The Labute approximate surface area is 77.1 Å². The van der Waals surface area contributed by atoms with Gasteiger partial charge in [0.25, 0.3) is 0 Å². The average molecular weight is 179 g/mol. The van der Waals surface area contributed by atoms with Crippen LogP contribution in [-0.4, -0.2) is 11.1 Å². The Morgan fingerprint density at radius 1 is 1.54 bits per heavy atom. The Bertz CT molecular complexity index is 286. The quantitative estimate of drug-likeness (QED) is 0.691. The minimum absolute atomic E-state index is 0.335. The average Bonchev–Trinajstić information content (AvgIpc) is 2.05. The smallest absolute Gasteiger partial charge is 0.173 e. The van der Waals surface area contributed by atoms with Gasteiger partial charge in [-0.15, -0.1) is 0 Å². The van der Waals surface area contributed by atoms with Gasteiger partial charge in [0.2, 0.25) is 0 Å². The molecular formula is C9H13N3O. The Morgan fingerprint density at radius 2 is 2.38 bits per heavy atom. The van der Waals surface area contributed by atoms with Gasteiger partial charge in [0.05, 0.1) is 11.8 Å². The second-order valence-electron chi connectivity index (χ2n) is 3.21. The first kappa shape index (κ1) is 8.31. The molecule has 0 aliphatic heterocycles. The molecule has 2 rings (SSSR count). The lowest BCUT2D eigenvalue weighted by Gasteiger charge is -2.25. The maximum atomic E-state index is 5.66. The lowest BCUT2D eigenvalue weighted by molar-refractivity contribution is 0.0386. The van der Waals surface area contributed by atoms with Gasteiger partial charge in [-0.25, -0.2) is 10.5 Å². The van der Waals surface area contributed by atoms with E-state index in [4.69, 9.17) is 10.6 Å². The third kappa shape index (κ3) is 1.89. The lowest BCUT2D eigenvalue weighted by Crippen LogP contribution is -2.24. The van der Waals surface area contributed by atoms with Crippen LogP contribution in [0.25, 0.3) is 0 Å². The summed E-state index contributed by atoms with van der Waals surface area (Å²) in [6.45, 7) is 0. The summed E-state index contributed by atoms with van der Waals surface area (Å²) in [7, 11) is 0. The van der Waals surface area contributed by atoms with E-state index >= 15 is 0 Å². The summed E-state index contributed by atoms with van der Waals surface area (Å²) in [6.07, 6.45) is 5.52. The Balaban J connectivity index is 1.89.